The second kappa shape index (κ2) is 11.6. The van der Waals surface area contributed by atoms with Gasteiger partial charge in [-0.3, -0.25) is 4.79 Å². The van der Waals surface area contributed by atoms with Crippen molar-refractivity contribution in [2.45, 2.75) is 77.9 Å². The number of carbonyl (C=O) groups excluding carboxylic acids is 2. The fourth-order valence-electron chi connectivity index (χ4n) is 3.52. The lowest BCUT2D eigenvalue weighted by Gasteiger charge is -2.25. The maximum atomic E-state index is 13.1. The molecule has 178 valence electrons. The third kappa shape index (κ3) is 7.23. The molecule has 33 heavy (non-hydrogen) atoms. The van der Waals surface area contributed by atoms with Gasteiger partial charge in [-0.05, 0) is 102 Å². The monoisotopic (exact) mass is 468 g/mol. The first-order chi connectivity index (χ1) is 15.5. The predicted molar refractivity (Wildman–Crippen MR) is 138 cm³/mol. The summed E-state index contributed by atoms with van der Waals surface area (Å²) in [4.78, 5) is 27.0. The molecule has 0 aliphatic heterocycles. The quantitative estimate of drug-likeness (QED) is 0.169. The summed E-state index contributed by atoms with van der Waals surface area (Å²) in [5.41, 5.74) is 3.10. The number of hydrogen-bond donors (Lipinski definition) is 0. The van der Waals surface area contributed by atoms with Crippen molar-refractivity contribution in [3.05, 3.63) is 64.2 Å². The lowest BCUT2D eigenvalue weighted by Crippen LogP contribution is -2.26. The number of ketones is 1. The lowest BCUT2D eigenvalue weighted by atomic mass is 9.92. The molecule has 0 fully saturated rings. The second-order valence-electron chi connectivity index (χ2n) is 9.11. The van der Waals surface area contributed by atoms with Gasteiger partial charge in [0.1, 0.15) is 11.4 Å². The van der Waals surface area contributed by atoms with Crippen LogP contribution in [-0.2, 0) is 17.6 Å². The topological polar surface area (TPSA) is 52.6 Å². The normalized spacial score (nSPS) is 11.8. The van der Waals surface area contributed by atoms with E-state index in [9.17, 15) is 9.59 Å². The van der Waals surface area contributed by atoms with Gasteiger partial charge < -0.3 is 9.47 Å². The van der Waals surface area contributed by atoms with Gasteiger partial charge in [-0.2, -0.15) is 0 Å². The van der Waals surface area contributed by atoms with E-state index in [0.29, 0.717) is 29.7 Å². The van der Waals surface area contributed by atoms with Crippen molar-refractivity contribution >= 4 is 29.6 Å². The Labute approximate surface area is 202 Å². The summed E-state index contributed by atoms with van der Waals surface area (Å²) in [7, 11) is 0. The van der Waals surface area contributed by atoms with Gasteiger partial charge in [-0.25, -0.2) is 4.79 Å². The molecule has 0 aliphatic carbocycles. The maximum Gasteiger partial charge on any atom is 0.339 e. The predicted octanol–water partition coefficient (Wildman–Crippen LogP) is 7.17. The van der Waals surface area contributed by atoms with E-state index in [1.165, 1.54) is 0 Å². The van der Waals surface area contributed by atoms with E-state index in [4.69, 9.17) is 9.47 Å². The van der Waals surface area contributed by atoms with Crippen molar-refractivity contribution < 1.29 is 19.1 Å². The van der Waals surface area contributed by atoms with Crippen LogP contribution in [0.25, 0.3) is 6.08 Å². The Bertz CT molecular complexity index is 1010. The molecule has 2 rings (SSSR count). The van der Waals surface area contributed by atoms with Gasteiger partial charge in [-0.15, -0.1) is 11.8 Å². The molecule has 0 aromatic heterocycles. The van der Waals surface area contributed by atoms with Gasteiger partial charge in [0.25, 0.3) is 0 Å². The molecule has 0 aliphatic rings. The molecule has 0 radical (unpaired) electrons. The van der Waals surface area contributed by atoms with Crippen LogP contribution in [-0.4, -0.2) is 29.7 Å². The van der Waals surface area contributed by atoms with Crippen molar-refractivity contribution in [3.8, 4) is 5.75 Å². The zero-order chi connectivity index (χ0) is 24.8. The highest BCUT2D eigenvalue weighted by Crippen LogP contribution is 2.34. The zero-order valence-corrected chi connectivity index (χ0v) is 21.9. The van der Waals surface area contributed by atoms with Crippen molar-refractivity contribution in [1.29, 1.82) is 0 Å². The Balaban J connectivity index is 2.57. The molecule has 2 aromatic rings. The van der Waals surface area contributed by atoms with Gasteiger partial charge in [0.15, 0.2) is 5.78 Å². The molecule has 4 nitrogen and oxygen atoms in total. The fourth-order valence-corrected chi connectivity index (χ4v) is 3.93. The molecular formula is C28H36O4S. The van der Waals surface area contributed by atoms with Crippen LogP contribution >= 0.6 is 11.8 Å². The molecule has 2 aromatic carbocycles. The summed E-state index contributed by atoms with van der Waals surface area (Å²) in [6.45, 7) is 13.5. The van der Waals surface area contributed by atoms with E-state index in [1.807, 2.05) is 85.1 Å². The summed E-state index contributed by atoms with van der Waals surface area (Å²) >= 11 is 1.64. The van der Waals surface area contributed by atoms with Crippen molar-refractivity contribution in [3.63, 3.8) is 0 Å². The molecule has 5 heteroatoms. The number of allylic oxidation sites excluding steroid dienone is 1. The van der Waals surface area contributed by atoms with Crippen molar-refractivity contribution in [2.75, 3.05) is 6.26 Å². The molecular weight excluding hydrogens is 432 g/mol. The molecule has 0 unspecified atom stereocenters. The van der Waals surface area contributed by atoms with Crippen LogP contribution in [0.2, 0.25) is 0 Å². The fraction of sp³-hybridized carbons (Fsp3) is 0.429. The van der Waals surface area contributed by atoms with E-state index in [2.05, 4.69) is 0 Å². The number of benzene rings is 2. The Morgan fingerprint density at radius 1 is 1.06 bits per heavy atom. The standard InChI is InChI=1S/C28H36O4S/c1-9-19-17-21(13-16-24(29)20-11-14-22(33-8)15-12-20)26(31-18(3)4)23(10-2)25(19)27(30)32-28(5,6)7/h11-18H,9-10H2,1-8H3. The maximum absolute atomic E-state index is 13.1. The number of aryl methyl sites for hydroxylation is 1. The average molecular weight is 469 g/mol. The summed E-state index contributed by atoms with van der Waals surface area (Å²) < 4.78 is 11.9. The van der Waals surface area contributed by atoms with Crippen molar-refractivity contribution in [1.82, 2.24) is 0 Å². The first kappa shape index (κ1) is 26.7. The molecule has 0 saturated carbocycles. The first-order valence-electron chi connectivity index (χ1n) is 11.5. The highest BCUT2D eigenvalue weighted by molar-refractivity contribution is 7.98. The molecule has 0 spiro atoms. The van der Waals surface area contributed by atoms with Crippen LogP contribution in [0.15, 0.2) is 41.3 Å². The summed E-state index contributed by atoms with van der Waals surface area (Å²) in [6, 6.07) is 9.50. The molecule has 0 bridgehead atoms. The molecule has 0 heterocycles. The third-order valence-corrected chi connectivity index (χ3v) is 5.71. The zero-order valence-electron chi connectivity index (χ0n) is 21.1. The van der Waals surface area contributed by atoms with Crippen LogP contribution in [0, 0.1) is 0 Å². The number of thioether (sulfide) groups is 1. The molecule has 0 N–H and O–H groups in total. The number of ether oxygens (including phenoxy) is 2. The number of hydrogen-bond acceptors (Lipinski definition) is 5. The SMILES string of the molecule is CCc1cc(C=CC(=O)c2ccc(SC)cc2)c(OC(C)C)c(CC)c1C(=O)OC(C)(C)C. The highest BCUT2D eigenvalue weighted by atomic mass is 32.2. The molecule has 0 amide bonds. The molecule has 0 saturated heterocycles. The van der Waals surface area contributed by atoms with E-state index < -0.39 is 5.60 Å². The minimum atomic E-state index is -0.594. The van der Waals surface area contributed by atoms with E-state index in [1.54, 1.807) is 23.9 Å². The second-order valence-corrected chi connectivity index (χ2v) is 9.99. The molecule has 0 atom stereocenters. The minimum Gasteiger partial charge on any atom is -0.490 e. The highest BCUT2D eigenvalue weighted by Gasteiger charge is 2.26. The van der Waals surface area contributed by atoms with Crippen LogP contribution in [0.3, 0.4) is 0 Å². The van der Waals surface area contributed by atoms with Gasteiger partial charge >= 0.3 is 5.97 Å². The largest absolute Gasteiger partial charge is 0.490 e. The Hall–Kier alpha value is -2.53. The Morgan fingerprint density at radius 3 is 2.18 bits per heavy atom. The van der Waals surface area contributed by atoms with Crippen LogP contribution in [0.5, 0.6) is 5.75 Å². The summed E-state index contributed by atoms with van der Waals surface area (Å²) in [5, 5.41) is 0. The van der Waals surface area contributed by atoms with Crippen molar-refractivity contribution in [2.24, 2.45) is 0 Å². The third-order valence-electron chi connectivity index (χ3n) is 4.97. The van der Waals surface area contributed by atoms with E-state index in [0.717, 1.165) is 21.6 Å². The number of carbonyl (C=O) groups is 2. The number of rotatable bonds is 9. The summed E-state index contributed by atoms with van der Waals surface area (Å²) in [5.74, 6) is 0.211. The lowest BCUT2D eigenvalue weighted by molar-refractivity contribution is 0.00663. The first-order valence-corrected chi connectivity index (χ1v) is 12.7. The van der Waals surface area contributed by atoms with Crippen LogP contribution in [0.1, 0.15) is 85.9 Å². The average Bonchev–Trinajstić information content (AvgIpc) is 2.75. The van der Waals surface area contributed by atoms with Gasteiger partial charge in [0.2, 0.25) is 0 Å². The number of esters is 1. The Kier molecular flexibility index (Phi) is 9.35. The van der Waals surface area contributed by atoms with Crippen LogP contribution in [0.4, 0.5) is 0 Å². The van der Waals surface area contributed by atoms with Gasteiger partial charge in [-0.1, -0.05) is 13.8 Å². The minimum absolute atomic E-state index is 0.0783. The van der Waals surface area contributed by atoms with Crippen LogP contribution < -0.4 is 4.74 Å². The Morgan fingerprint density at radius 2 is 1.70 bits per heavy atom. The van der Waals surface area contributed by atoms with E-state index >= 15 is 0 Å². The smallest absolute Gasteiger partial charge is 0.339 e. The van der Waals surface area contributed by atoms with E-state index in [-0.39, 0.29) is 17.9 Å². The van der Waals surface area contributed by atoms with Gasteiger partial charge in [0, 0.05) is 21.6 Å². The van der Waals surface area contributed by atoms with Gasteiger partial charge in [0.05, 0.1) is 11.7 Å². The summed E-state index contributed by atoms with van der Waals surface area (Å²) in [6.07, 6.45) is 6.55.